The zero-order valence-electron chi connectivity index (χ0n) is 11.9. The highest BCUT2D eigenvalue weighted by Crippen LogP contribution is 2.20. The van der Waals surface area contributed by atoms with Crippen molar-refractivity contribution in [2.45, 2.75) is 0 Å². The van der Waals surface area contributed by atoms with Gasteiger partial charge in [0.15, 0.2) is 11.6 Å². The molecule has 1 N–H and O–H groups in total. The van der Waals surface area contributed by atoms with Crippen molar-refractivity contribution in [3.63, 3.8) is 0 Å². The van der Waals surface area contributed by atoms with Gasteiger partial charge in [-0.1, -0.05) is 0 Å². The van der Waals surface area contributed by atoms with E-state index in [9.17, 15) is 18.4 Å². The van der Waals surface area contributed by atoms with Crippen LogP contribution in [0.25, 0.3) is 0 Å². The van der Waals surface area contributed by atoms with E-state index in [0.29, 0.717) is 0 Å². The summed E-state index contributed by atoms with van der Waals surface area (Å²) in [6.07, 6.45) is 4.24. The third-order valence-corrected chi connectivity index (χ3v) is 3.51. The molecule has 23 heavy (non-hydrogen) atoms. The van der Waals surface area contributed by atoms with E-state index < -0.39 is 17.6 Å². The molecule has 1 aromatic carbocycles. The Morgan fingerprint density at radius 2 is 1.96 bits per heavy atom. The van der Waals surface area contributed by atoms with Crippen LogP contribution in [-0.2, 0) is 4.79 Å². The first kappa shape index (κ1) is 15.0. The molecule has 2 amide bonds. The minimum absolute atomic E-state index is 0.174. The van der Waals surface area contributed by atoms with E-state index >= 15 is 0 Å². The Balaban J connectivity index is 1.55. The minimum atomic E-state index is -1.03. The molecule has 1 aliphatic rings. The number of halogens is 2. The number of hydrogen-bond acceptors (Lipinski definition) is 4. The third kappa shape index (κ3) is 3.15. The first-order valence-corrected chi connectivity index (χ1v) is 6.86. The summed E-state index contributed by atoms with van der Waals surface area (Å²) in [5, 5.41) is 2.50. The molecule has 1 saturated heterocycles. The summed E-state index contributed by atoms with van der Waals surface area (Å²) < 4.78 is 25.9. The average molecular weight is 318 g/mol. The van der Waals surface area contributed by atoms with E-state index in [-0.39, 0.29) is 36.3 Å². The van der Waals surface area contributed by atoms with Gasteiger partial charge in [0.2, 0.25) is 5.91 Å². The van der Waals surface area contributed by atoms with E-state index in [0.717, 1.165) is 12.1 Å². The number of nitrogens with one attached hydrogen (secondary N) is 1. The number of benzene rings is 1. The average Bonchev–Trinajstić information content (AvgIpc) is 2.50. The van der Waals surface area contributed by atoms with Crippen LogP contribution in [0, 0.1) is 17.6 Å². The van der Waals surface area contributed by atoms with Crippen LogP contribution < -0.4 is 5.32 Å². The molecule has 0 saturated carbocycles. The lowest BCUT2D eigenvalue weighted by Gasteiger charge is -2.37. The third-order valence-electron chi connectivity index (χ3n) is 3.51. The van der Waals surface area contributed by atoms with Crippen LogP contribution in [0.15, 0.2) is 36.8 Å². The first-order chi connectivity index (χ1) is 11.0. The SMILES string of the molecule is O=C(Nc1ccc(F)c(F)c1)C1CN(C(=O)c2cnccn2)C1. The molecule has 2 aromatic rings. The fourth-order valence-electron chi connectivity index (χ4n) is 2.20. The molecule has 0 aliphatic carbocycles. The van der Waals surface area contributed by atoms with Crippen LogP contribution in [-0.4, -0.2) is 39.8 Å². The lowest BCUT2D eigenvalue weighted by atomic mass is 9.98. The maximum absolute atomic E-state index is 13.1. The molecule has 1 aromatic heterocycles. The number of hydrogen-bond donors (Lipinski definition) is 1. The molecule has 0 radical (unpaired) electrons. The number of nitrogens with zero attached hydrogens (tertiary/aromatic N) is 3. The van der Waals surface area contributed by atoms with Crippen molar-refractivity contribution < 1.29 is 18.4 Å². The molecule has 2 heterocycles. The van der Waals surface area contributed by atoms with Gasteiger partial charge in [0, 0.05) is 37.2 Å². The number of likely N-dealkylation sites (tertiary alicyclic amines) is 1. The Kier molecular flexibility index (Phi) is 3.96. The molecular weight excluding hydrogens is 306 g/mol. The van der Waals surface area contributed by atoms with E-state index in [1.807, 2.05) is 0 Å². The molecule has 0 spiro atoms. The first-order valence-electron chi connectivity index (χ1n) is 6.86. The zero-order valence-corrected chi connectivity index (χ0v) is 11.9. The van der Waals surface area contributed by atoms with E-state index in [1.165, 1.54) is 29.6 Å². The Bertz CT molecular complexity index is 748. The van der Waals surface area contributed by atoms with Crippen molar-refractivity contribution >= 4 is 17.5 Å². The molecule has 118 valence electrons. The van der Waals surface area contributed by atoms with Crippen LogP contribution >= 0.6 is 0 Å². The standard InChI is InChI=1S/C15H12F2N4O2/c16-11-2-1-10(5-12(11)17)20-14(22)9-7-21(8-9)15(23)13-6-18-3-4-19-13/h1-6,9H,7-8H2,(H,20,22). The highest BCUT2D eigenvalue weighted by atomic mass is 19.2. The Morgan fingerprint density at radius 1 is 1.17 bits per heavy atom. The molecule has 0 unspecified atom stereocenters. The topological polar surface area (TPSA) is 75.2 Å². The van der Waals surface area contributed by atoms with E-state index in [2.05, 4.69) is 15.3 Å². The summed E-state index contributed by atoms with van der Waals surface area (Å²) in [5.74, 6) is -3.05. The van der Waals surface area contributed by atoms with E-state index in [4.69, 9.17) is 0 Å². The normalized spacial score (nSPS) is 14.3. The maximum Gasteiger partial charge on any atom is 0.274 e. The molecule has 0 atom stereocenters. The fraction of sp³-hybridized carbons (Fsp3) is 0.200. The molecular formula is C15H12F2N4O2. The van der Waals surface area contributed by atoms with Crippen LogP contribution in [0.3, 0.4) is 0 Å². The van der Waals surface area contributed by atoms with Gasteiger partial charge in [0.1, 0.15) is 5.69 Å². The van der Waals surface area contributed by atoms with Crippen molar-refractivity contribution in [3.8, 4) is 0 Å². The van der Waals surface area contributed by atoms with Gasteiger partial charge in [-0.05, 0) is 12.1 Å². The van der Waals surface area contributed by atoms with Gasteiger partial charge in [0.05, 0.1) is 12.1 Å². The largest absolute Gasteiger partial charge is 0.336 e. The quantitative estimate of drug-likeness (QED) is 0.930. The molecule has 1 fully saturated rings. The van der Waals surface area contributed by atoms with Crippen molar-refractivity contribution in [1.29, 1.82) is 0 Å². The lowest BCUT2D eigenvalue weighted by Crippen LogP contribution is -2.54. The van der Waals surface area contributed by atoms with Gasteiger partial charge in [-0.2, -0.15) is 0 Å². The van der Waals surface area contributed by atoms with E-state index in [1.54, 1.807) is 0 Å². The highest BCUT2D eigenvalue weighted by molar-refractivity contribution is 5.97. The second kappa shape index (κ2) is 6.07. The minimum Gasteiger partial charge on any atom is -0.336 e. The molecule has 8 heteroatoms. The molecule has 0 bridgehead atoms. The Labute approximate surface area is 130 Å². The predicted molar refractivity (Wildman–Crippen MR) is 76.4 cm³/mol. The summed E-state index contributed by atoms with van der Waals surface area (Å²) >= 11 is 0. The number of aromatic nitrogens is 2. The number of carbonyl (C=O) groups excluding carboxylic acids is 2. The number of carbonyl (C=O) groups is 2. The second-order valence-corrected chi connectivity index (χ2v) is 5.12. The number of rotatable bonds is 3. The van der Waals surface area contributed by atoms with Gasteiger partial charge >= 0.3 is 0 Å². The molecule has 6 nitrogen and oxygen atoms in total. The van der Waals surface area contributed by atoms with Crippen LogP contribution in [0.1, 0.15) is 10.5 Å². The van der Waals surface area contributed by atoms with Gasteiger partial charge in [-0.25, -0.2) is 13.8 Å². The van der Waals surface area contributed by atoms with Crippen molar-refractivity contribution in [2.75, 3.05) is 18.4 Å². The second-order valence-electron chi connectivity index (χ2n) is 5.12. The smallest absolute Gasteiger partial charge is 0.274 e. The Hall–Kier alpha value is -2.90. The number of amides is 2. The van der Waals surface area contributed by atoms with Crippen molar-refractivity contribution in [1.82, 2.24) is 14.9 Å². The summed E-state index contributed by atoms with van der Waals surface area (Å²) in [7, 11) is 0. The lowest BCUT2D eigenvalue weighted by molar-refractivity contribution is -0.123. The highest BCUT2D eigenvalue weighted by Gasteiger charge is 2.36. The monoisotopic (exact) mass is 318 g/mol. The molecule has 3 rings (SSSR count). The van der Waals surface area contributed by atoms with Gasteiger partial charge < -0.3 is 10.2 Å². The summed E-state index contributed by atoms with van der Waals surface area (Å²) in [4.78, 5) is 33.2. The summed E-state index contributed by atoms with van der Waals surface area (Å²) in [6.45, 7) is 0.482. The Morgan fingerprint density at radius 3 is 2.61 bits per heavy atom. The van der Waals surface area contributed by atoms with Crippen LogP contribution in [0.2, 0.25) is 0 Å². The van der Waals surface area contributed by atoms with Crippen LogP contribution in [0.4, 0.5) is 14.5 Å². The van der Waals surface area contributed by atoms with Crippen LogP contribution in [0.5, 0.6) is 0 Å². The predicted octanol–water partition coefficient (Wildman–Crippen LogP) is 1.47. The summed E-state index contributed by atoms with van der Waals surface area (Å²) in [5.41, 5.74) is 0.388. The summed E-state index contributed by atoms with van der Waals surface area (Å²) in [6, 6.07) is 3.13. The van der Waals surface area contributed by atoms with Crippen molar-refractivity contribution in [3.05, 3.63) is 54.1 Å². The van der Waals surface area contributed by atoms with Gasteiger partial charge in [-0.3, -0.25) is 14.6 Å². The van der Waals surface area contributed by atoms with Gasteiger partial charge in [0.25, 0.3) is 5.91 Å². The van der Waals surface area contributed by atoms with Crippen molar-refractivity contribution in [2.24, 2.45) is 5.92 Å². The van der Waals surface area contributed by atoms with Gasteiger partial charge in [-0.15, -0.1) is 0 Å². The molecule has 1 aliphatic heterocycles. The number of anilines is 1. The fourth-order valence-corrected chi connectivity index (χ4v) is 2.20. The zero-order chi connectivity index (χ0) is 16.4. The maximum atomic E-state index is 13.1.